The van der Waals surface area contributed by atoms with Gasteiger partial charge in [-0.15, -0.1) is 0 Å². The first-order valence-corrected chi connectivity index (χ1v) is 6.60. The number of amides is 1. The zero-order chi connectivity index (χ0) is 14.3. The van der Waals surface area contributed by atoms with Crippen molar-refractivity contribution in [1.29, 1.82) is 0 Å². The first-order valence-electron chi connectivity index (χ1n) is 6.60. The Balaban J connectivity index is 2.08. The van der Waals surface area contributed by atoms with Gasteiger partial charge in [0.2, 0.25) is 0 Å². The molecule has 1 aliphatic heterocycles. The first kappa shape index (κ1) is 12.6. The van der Waals surface area contributed by atoms with Crippen LogP contribution in [-0.4, -0.2) is 11.7 Å². The van der Waals surface area contributed by atoms with Crippen molar-refractivity contribution < 1.29 is 9.59 Å². The van der Waals surface area contributed by atoms with Gasteiger partial charge in [-0.1, -0.05) is 36.4 Å². The fraction of sp³-hybridized carbons (Fsp3) is 0.176. The summed E-state index contributed by atoms with van der Waals surface area (Å²) < 4.78 is 0. The largest absolute Gasteiger partial charge is 0.300 e. The summed E-state index contributed by atoms with van der Waals surface area (Å²) in [5, 5.41) is 0. The van der Waals surface area contributed by atoms with Crippen LogP contribution in [0.25, 0.3) is 0 Å². The van der Waals surface area contributed by atoms with Crippen molar-refractivity contribution in [2.24, 2.45) is 0 Å². The number of fused-ring (bicyclic) bond motifs is 1. The molecule has 0 bridgehead atoms. The summed E-state index contributed by atoms with van der Waals surface area (Å²) in [6.07, 6.45) is 0. The van der Waals surface area contributed by atoms with Crippen molar-refractivity contribution in [3.05, 3.63) is 64.7 Å². The molecule has 0 radical (unpaired) electrons. The van der Waals surface area contributed by atoms with Gasteiger partial charge >= 0.3 is 0 Å². The minimum absolute atomic E-state index is 0.404. The van der Waals surface area contributed by atoms with E-state index in [-0.39, 0.29) is 0 Å². The Morgan fingerprint density at radius 2 is 1.65 bits per heavy atom. The zero-order valence-corrected chi connectivity index (χ0v) is 11.5. The molecule has 0 aliphatic carbocycles. The summed E-state index contributed by atoms with van der Waals surface area (Å²) in [4.78, 5) is 25.9. The normalized spacial score (nSPS) is 13.8. The molecule has 0 saturated carbocycles. The summed E-state index contributed by atoms with van der Waals surface area (Å²) >= 11 is 0. The van der Waals surface area contributed by atoms with Crippen molar-refractivity contribution in [2.75, 3.05) is 4.90 Å². The van der Waals surface area contributed by atoms with Gasteiger partial charge in [-0.25, -0.2) is 0 Å². The Kier molecular flexibility index (Phi) is 2.90. The van der Waals surface area contributed by atoms with Crippen LogP contribution < -0.4 is 4.90 Å². The molecule has 3 rings (SSSR count). The fourth-order valence-electron chi connectivity index (χ4n) is 2.59. The van der Waals surface area contributed by atoms with E-state index in [1.54, 1.807) is 11.0 Å². The highest BCUT2D eigenvalue weighted by molar-refractivity contribution is 6.52. The average molecular weight is 265 g/mol. The quantitative estimate of drug-likeness (QED) is 0.783. The van der Waals surface area contributed by atoms with Crippen molar-refractivity contribution in [3.63, 3.8) is 0 Å². The molecule has 3 nitrogen and oxygen atoms in total. The van der Waals surface area contributed by atoms with Crippen molar-refractivity contribution in [3.8, 4) is 0 Å². The number of hydrogen-bond acceptors (Lipinski definition) is 2. The van der Waals surface area contributed by atoms with E-state index in [9.17, 15) is 9.59 Å². The highest BCUT2D eigenvalue weighted by Crippen LogP contribution is 2.35. The lowest BCUT2D eigenvalue weighted by molar-refractivity contribution is -0.114. The van der Waals surface area contributed by atoms with Crippen LogP contribution in [0.3, 0.4) is 0 Å². The molecule has 0 aromatic heterocycles. The standard InChI is InChI=1S/C17H15NO2/c1-11-8-9-14-15(12(11)2)18(17(20)16(14)19)10-13-6-4-3-5-7-13/h3-9H,10H2,1-2H3. The molecule has 0 unspecified atom stereocenters. The maximum Gasteiger partial charge on any atom is 0.299 e. The van der Waals surface area contributed by atoms with E-state index >= 15 is 0 Å². The van der Waals surface area contributed by atoms with Crippen LogP contribution in [0.4, 0.5) is 5.69 Å². The molecule has 1 aliphatic rings. The topological polar surface area (TPSA) is 37.4 Å². The third-order valence-corrected chi connectivity index (χ3v) is 3.84. The van der Waals surface area contributed by atoms with Crippen molar-refractivity contribution in [2.45, 2.75) is 20.4 Å². The van der Waals surface area contributed by atoms with E-state index in [1.165, 1.54) is 0 Å². The highest BCUT2D eigenvalue weighted by atomic mass is 16.2. The molecule has 2 aromatic rings. The summed E-state index contributed by atoms with van der Waals surface area (Å²) in [7, 11) is 0. The summed E-state index contributed by atoms with van der Waals surface area (Å²) in [5.74, 6) is -0.836. The Morgan fingerprint density at radius 1 is 0.950 bits per heavy atom. The lowest BCUT2D eigenvalue weighted by Crippen LogP contribution is -2.29. The number of Topliss-reactive ketones (excluding diaryl/α,β-unsaturated/α-hetero) is 1. The SMILES string of the molecule is Cc1ccc2c(c1C)N(Cc1ccccc1)C(=O)C2=O. The minimum atomic E-state index is -0.433. The van der Waals surface area contributed by atoms with Gasteiger partial charge in [0.1, 0.15) is 0 Å². The van der Waals surface area contributed by atoms with Crippen molar-refractivity contribution in [1.82, 2.24) is 0 Å². The lowest BCUT2D eigenvalue weighted by Gasteiger charge is -2.19. The van der Waals surface area contributed by atoms with Crippen LogP contribution in [0.15, 0.2) is 42.5 Å². The second-order valence-electron chi connectivity index (χ2n) is 5.11. The maximum absolute atomic E-state index is 12.2. The third kappa shape index (κ3) is 1.83. The van der Waals surface area contributed by atoms with Gasteiger partial charge in [-0.3, -0.25) is 9.59 Å². The van der Waals surface area contributed by atoms with Gasteiger partial charge in [0.05, 0.1) is 17.8 Å². The zero-order valence-electron chi connectivity index (χ0n) is 11.5. The van der Waals surface area contributed by atoms with Crippen LogP contribution in [-0.2, 0) is 11.3 Å². The van der Waals surface area contributed by atoms with Crippen LogP contribution >= 0.6 is 0 Å². The number of ketones is 1. The van der Waals surface area contributed by atoms with Gasteiger partial charge in [-0.05, 0) is 36.6 Å². The number of benzene rings is 2. The van der Waals surface area contributed by atoms with E-state index in [1.807, 2.05) is 50.2 Å². The highest BCUT2D eigenvalue weighted by Gasteiger charge is 2.37. The molecule has 0 spiro atoms. The molecule has 1 amide bonds. The number of carbonyl (C=O) groups excluding carboxylic acids is 2. The van der Waals surface area contributed by atoms with E-state index in [0.29, 0.717) is 12.1 Å². The van der Waals surface area contributed by atoms with Gasteiger partial charge < -0.3 is 4.90 Å². The molecular formula is C17H15NO2. The second-order valence-corrected chi connectivity index (χ2v) is 5.11. The predicted molar refractivity (Wildman–Crippen MR) is 77.9 cm³/mol. The summed E-state index contributed by atoms with van der Waals surface area (Å²) in [6.45, 7) is 4.38. The summed E-state index contributed by atoms with van der Waals surface area (Å²) in [5.41, 5.74) is 4.39. The molecular weight excluding hydrogens is 250 g/mol. The number of carbonyl (C=O) groups is 2. The number of nitrogens with zero attached hydrogens (tertiary/aromatic N) is 1. The number of anilines is 1. The Bertz CT molecular complexity index is 704. The van der Waals surface area contributed by atoms with Crippen LogP contribution in [0.5, 0.6) is 0 Å². The monoisotopic (exact) mass is 265 g/mol. The Labute approximate surface area is 117 Å². The fourth-order valence-corrected chi connectivity index (χ4v) is 2.59. The molecule has 3 heteroatoms. The smallest absolute Gasteiger partial charge is 0.299 e. The molecule has 0 atom stereocenters. The van der Waals surface area contributed by atoms with Gasteiger partial charge in [0.15, 0.2) is 0 Å². The lowest BCUT2D eigenvalue weighted by atomic mass is 10.0. The van der Waals surface area contributed by atoms with E-state index < -0.39 is 11.7 Å². The molecule has 20 heavy (non-hydrogen) atoms. The maximum atomic E-state index is 12.2. The van der Waals surface area contributed by atoms with Crippen LogP contribution in [0.1, 0.15) is 27.0 Å². The minimum Gasteiger partial charge on any atom is -0.300 e. The number of aryl methyl sites for hydroxylation is 1. The molecule has 0 fully saturated rings. The predicted octanol–water partition coefficient (Wildman–Crippen LogP) is 3.03. The Morgan fingerprint density at radius 3 is 2.35 bits per heavy atom. The molecule has 2 aromatic carbocycles. The molecule has 0 saturated heterocycles. The van der Waals surface area contributed by atoms with Gasteiger partial charge in [-0.2, -0.15) is 0 Å². The van der Waals surface area contributed by atoms with E-state index in [4.69, 9.17) is 0 Å². The van der Waals surface area contributed by atoms with Crippen LogP contribution in [0.2, 0.25) is 0 Å². The molecule has 100 valence electrons. The first-order chi connectivity index (χ1) is 9.59. The molecule has 1 heterocycles. The van der Waals surface area contributed by atoms with Crippen molar-refractivity contribution >= 4 is 17.4 Å². The van der Waals surface area contributed by atoms with Gasteiger partial charge in [0, 0.05) is 0 Å². The third-order valence-electron chi connectivity index (χ3n) is 3.84. The van der Waals surface area contributed by atoms with E-state index in [2.05, 4.69) is 0 Å². The van der Waals surface area contributed by atoms with Crippen LogP contribution in [0, 0.1) is 13.8 Å². The average Bonchev–Trinajstić information content (AvgIpc) is 2.70. The van der Waals surface area contributed by atoms with E-state index in [0.717, 1.165) is 22.4 Å². The molecule has 0 N–H and O–H groups in total. The summed E-state index contributed by atoms with van der Waals surface area (Å²) in [6, 6.07) is 13.4. The number of hydrogen-bond donors (Lipinski definition) is 0. The Hall–Kier alpha value is -2.42. The van der Waals surface area contributed by atoms with Gasteiger partial charge in [0.25, 0.3) is 11.7 Å². The number of rotatable bonds is 2. The second kappa shape index (κ2) is 4.60.